The van der Waals surface area contributed by atoms with Gasteiger partial charge in [0.25, 0.3) is 0 Å². The molecule has 0 N–H and O–H groups in total. The predicted octanol–water partition coefficient (Wildman–Crippen LogP) is -0.997. The molecular formula is C11H17NO4. The Morgan fingerprint density at radius 2 is 1.81 bits per heavy atom. The topological polar surface area (TPSA) is 62.5 Å². The summed E-state index contributed by atoms with van der Waals surface area (Å²) >= 11 is 0. The highest BCUT2D eigenvalue weighted by Gasteiger charge is 1.93. The minimum Gasteiger partial charge on any atom is -0.548 e. The van der Waals surface area contributed by atoms with E-state index < -0.39 is 5.97 Å². The van der Waals surface area contributed by atoms with E-state index in [0.29, 0.717) is 0 Å². The van der Waals surface area contributed by atoms with E-state index in [0.717, 1.165) is 13.2 Å². The van der Waals surface area contributed by atoms with E-state index >= 15 is 0 Å². The molecule has 0 saturated carbocycles. The maximum Gasteiger partial charge on any atom is 0.171 e. The molecule has 1 aromatic heterocycles. The van der Waals surface area contributed by atoms with E-state index in [2.05, 4.69) is 9.30 Å². The Morgan fingerprint density at radius 1 is 1.19 bits per heavy atom. The summed E-state index contributed by atoms with van der Waals surface area (Å²) in [7, 11) is 3.01. The van der Waals surface area contributed by atoms with Crippen LogP contribution in [0.25, 0.3) is 0 Å². The smallest absolute Gasteiger partial charge is 0.171 e. The maximum absolute atomic E-state index is 9.36. The molecule has 1 rings (SSSR count). The summed E-state index contributed by atoms with van der Waals surface area (Å²) in [6, 6.07) is 6.02. The van der Waals surface area contributed by atoms with Crippen molar-refractivity contribution in [1.29, 1.82) is 0 Å². The van der Waals surface area contributed by atoms with Crippen LogP contribution >= 0.6 is 0 Å². The second kappa shape index (κ2) is 10.1. The van der Waals surface area contributed by atoms with Crippen LogP contribution in [0.4, 0.5) is 0 Å². The number of hydrogen-bond acceptors (Lipinski definition) is 4. The van der Waals surface area contributed by atoms with Crippen LogP contribution in [-0.4, -0.2) is 33.4 Å². The second-order valence-corrected chi connectivity index (χ2v) is 2.91. The molecule has 0 aromatic carbocycles. The maximum atomic E-state index is 9.36. The molecule has 16 heavy (non-hydrogen) atoms. The molecule has 5 nitrogen and oxygen atoms in total. The van der Waals surface area contributed by atoms with Crippen molar-refractivity contribution in [3.63, 3.8) is 0 Å². The van der Waals surface area contributed by atoms with Gasteiger partial charge >= 0.3 is 0 Å². The number of carboxylic acids is 1. The van der Waals surface area contributed by atoms with Crippen molar-refractivity contribution in [2.24, 2.45) is 0 Å². The van der Waals surface area contributed by atoms with Crippen LogP contribution in [0.2, 0.25) is 0 Å². The van der Waals surface area contributed by atoms with E-state index in [1.807, 2.05) is 30.6 Å². The van der Waals surface area contributed by atoms with Crippen LogP contribution in [0, 0.1) is 0 Å². The number of carbonyl (C=O) groups excluding carboxylic acids is 1. The van der Waals surface area contributed by atoms with Crippen molar-refractivity contribution in [3.8, 4) is 0 Å². The van der Waals surface area contributed by atoms with Gasteiger partial charge in [0.15, 0.2) is 18.9 Å². The molecule has 0 unspecified atom stereocenters. The highest BCUT2D eigenvalue weighted by Crippen LogP contribution is 1.76. The number of pyridine rings is 1. The van der Waals surface area contributed by atoms with Crippen molar-refractivity contribution in [2.75, 3.05) is 27.4 Å². The molecule has 0 aliphatic carbocycles. The van der Waals surface area contributed by atoms with Gasteiger partial charge in [0.1, 0.15) is 6.61 Å². The number of aromatic nitrogens is 1. The Kier molecular flexibility index (Phi) is 9.15. The summed E-state index contributed by atoms with van der Waals surface area (Å²) in [5, 5.41) is 9.36. The zero-order valence-corrected chi connectivity index (χ0v) is 9.59. The number of carboxylic acid groups (broad SMARTS) is 1. The highest BCUT2D eigenvalue weighted by atomic mass is 16.5. The molecule has 1 aromatic rings. The summed E-state index contributed by atoms with van der Waals surface area (Å²) in [4.78, 5) is 9.36. The fourth-order valence-electron chi connectivity index (χ4n) is 0.898. The second-order valence-electron chi connectivity index (χ2n) is 2.91. The molecule has 5 heteroatoms. The minimum absolute atomic E-state index is 0.319. The number of aliphatic carboxylic acids is 1. The van der Waals surface area contributed by atoms with Crippen LogP contribution in [-0.2, 0) is 20.8 Å². The first-order valence-corrected chi connectivity index (χ1v) is 4.82. The summed E-state index contributed by atoms with van der Waals surface area (Å²) < 4.78 is 11.2. The van der Waals surface area contributed by atoms with Gasteiger partial charge in [-0.1, -0.05) is 6.07 Å². The molecule has 0 radical (unpaired) electrons. The lowest BCUT2D eigenvalue weighted by Gasteiger charge is -1.94. The lowest BCUT2D eigenvalue weighted by Crippen LogP contribution is -2.34. The summed E-state index contributed by atoms with van der Waals surface area (Å²) in [6.07, 6.45) is 4.05. The Morgan fingerprint density at radius 3 is 2.19 bits per heavy atom. The largest absolute Gasteiger partial charge is 0.548 e. The van der Waals surface area contributed by atoms with Crippen LogP contribution in [0.5, 0.6) is 0 Å². The average Bonchev–Trinajstić information content (AvgIpc) is 2.28. The molecule has 0 atom stereocenters. The van der Waals surface area contributed by atoms with E-state index in [-0.39, 0.29) is 6.61 Å². The molecule has 0 aliphatic heterocycles. The van der Waals surface area contributed by atoms with Crippen LogP contribution in [0.1, 0.15) is 0 Å². The minimum atomic E-state index is -1.18. The van der Waals surface area contributed by atoms with Gasteiger partial charge in [0, 0.05) is 26.4 Å². The van der Waals surface area contributed by atoms with Gasteiger partial charge in [-0.25, -0.2) is 4.57 Å². The van der Waals surface area contributed by atoms with Gasteiger partial charge < -0.3 is 19.4 Å². The first kappa shape index (κ1) is 14.5. The number of methoxy groups -OCH3 is 2. The lowest BCUT2D eigenvalue weighted by atomic mass is 10.5. The Balaban J connectivity index is 0.000000325. The molecule has 0 saturated heterocycles. The van der Waals surface area contributed by atoms with Crippen molar-refractivity contribution in [3.05, 3.63) is 30.6 Å². The first-order valence-electron chi connectivity index (χ1n) is 4.82. The molecule has 0 bridgehead atoms. The third-order valence-electron chi connectivity index (χ3n) is 1.59. The Bertz CT molecular complexity index is 277. The molecule has 0 spiro atoms. The van der Waals surface area contributed by atoms with Crippen molar-refractivity contribution >= 4 is 5.97 Å². The normalized spacial score (nSPS) is 9.12. The quantitative estimate of drug-likeness (QED) is 0.605. The van der Waals surface area contributed by atoms with Gasteiger partial charge in [-0.05, 0) is 0 Å². The fourth-order valence-corrected chi connectivity index (χ4v) is 0.898. The zero-order valence-electron chi connectivity index (χ0n) is 9.59. The molecule has 0 fully saturated rings. The summed E-state index contributed by atoms with van der Waals surface area (Å²) in [5.74, 6) is -1.18. The fraction of sp³-hybridized carbons (Fsp3) is 0.455. The number of nitrogens with zero attached hydrogens (tertiary/aromatic N) is 1. The molecule has 90 valence electrons. The third-order valence-corrected chi connectivity index (χ3v) is 1.59. The molecule has 1 heterocycles. The van der Waals surface area contributed by atoms with Crippen molar-refractivity contribution in [1.82, 2.24) is 0 Å². The van der Waals surface area contributed by atoms with E-state index in [1.54, 1.807) is 7.11 Å². The third kappa shape index (κ3) is 9.11. The number of carbonyl (C=O) groups is 1. The summed E-state index contributed by atoms with van der Waals surface area (Å²) in [5.41, 5.74) is 0. The number of rotatable bonds is 5. The van der Waals surface area contributed by atoms with Crippen molar-refractivity contribution in [2.45, 2.75) is 6.54 Å². The van der Waals surface area contributed by atoms with E-state index in [9.17, 15) is 9.90 Å². The van der Waals surface area contributed by atoms with Gasteiger partial charge in [0.05, 0.1) is 12.6 Å². The average molecular weight is 227 g/mol. The van der Waals surface area contributed by atoms with Crippen LogP contribution in [0.3, 0.4) is 0 Å². The first-order chi connectivity index (χ1) is 7.70. The monoisotopic (exact) mass is 227 g/mol. The standard InChI is InChI=1S/C8H12NO.C3H6O3/c1-10-8-7-9-5-3-2-4-6-9;1-6-2-3(4)5/h2-6H,7-8H2,1H3;2H2,1H3,(H,4,5)/q+1;/p-1. The molecule has 0 amide bonds. The summed E-state index contributed by atoms with van der Waals surface area (Å²) in [6.45, 7) is 1.38. The Hall–Kier alpha value is -1.46. The zero-order chi connectivity index (χ0) is 12.2. The SMILES string of the molecule is COCC(=O)[O-].COCC[n+]1ccccc1. The number of hydrogen-bond donors (Lipinski definition) is 0. The van der Waals surface area contributed by atoms with Gasteiger partial charge in [0.2, 0.25) is 0 Å². The van der Waals surface area contributed by atoms with Gasteiger partial charge in [-0.15, -0.1) is 0 Å². The van der Waals surface area contributed by atoms with Gasteiger partial charge in [-0.2, -0.15) is 0 Å². The van der Waals surface area contributed by atoms with E-state index in [1.165, 1.54) is 7.11 Å². The van der Waals surface area contributed by atoms with Gasteiger partial charge in [-0.3, -0.25) is 0 Å². The van der Waals surface area contributed by atoms with Crippen LogP contribution in [0.15, 0.2) is 30.6 Å². The van der Waals surface area contributed by atoms with E-state index in [4.69, 9.17) is 4.74 Å². The predicted molar refractivity (Wildman–Crippen MR) is 55.4 cm³/mol. The molecule has 0 aliphatic rings. The highest BCUT2D eigenvalue weighted by molar-refractivity contribution is 5.65. The number of ether oxygens (including phenoxy) is 2. The Labute approximate surface area is 95.2 Å². The van der Waals surface area contributed by atoms with Crippen molar-refractivity contribution < 1.29 is 23.9 Å². The van der Waals surface area contributed by atoms with Crippen LogP contribution < -0.4 is 9.67 Å². The molecular weight excluding hydrogens is 210 g/mol. The lowest BCUT2D eigenvalue weighted by molar-refractivity contribution is -0.698.